The first kappa shape index (κ1) is 29.3. The van der Waals surface area contributed by atoms with Gasteiger partial charge < -0.3 is 19.3 Å². The number of ether oxygens (including phenoxy) is 3. The van der Waals surface area contributed by atoms with Gasteiger partial charge >= 0.3 is 5.97 Å². The minimum atomic E-state index is -0.769. The van der Waals surface area contributed by atoms with Gasteiger partial charge in [-0.25, -0.2) is 9.79 Å². The Morgan fingerprint density at radius 3 is 2.52 bits per heavy atom. The Balaban J connectivity index is 1.62. The molecule has 0 aliphatic carbocycles. The number of nitrogens with zero attached hydrogens (tertiary/aromatic N) is 1. The molecule has 1 amide bonds. The Kier molecular flexibility index (Phi) is 9.58. The molecule has 0 radical (unpaired) electrons. The number of thioether (sulfide) groups is 1. The molecule has 0 atom stereocenters. The van der Waals surface area contributed by atoms with Crippen molar-refractivity contribution in [1.82, 2.24) is 0 Å². The van der Waals surface area contributed by atoms with Crippen LogP contribution < -0.4 is 9.47 Å². The predicted octanol–water partition coefficient (Wildman–Crippen LogP) is 7.59. The van der Waals surface area contributed by atoms with Crippen LogP contribution in [0.4, 0.5) is 0 Å². The van der Waals surface area contributed by atoms with Gasteiger partial charge in [0, 0.05) is 21.2 Å². The lowest BCUT2D eigenvalue weighted by Gasteiger charge is -2.12. The van der Waals surface area contributed by atoms with Gasteiger partial charge in [-0.2, -0.15) is 0 Å². The number of aliphatic hydroxyl groups excluding tert-OH is 1. The first-order valence-electron chi connectivity index (χ1n) is 12.2. The van der Waals surface area contributed by atoms with E-state index in [0.717, 1.165) is 22.9 Å². The summed E-state index contributed by atoms with van der Waals surface area (Å²) in [6.07, 6.45) is 1.66. The summed E-state index contributed by atoms with van der Waals surface area (Å²) in [5, 5.41) is 12.1. The quantitative estimate of drug-likeness (QED) is 0.267. The summed E-state index contributed by atoms with van der Waals surface area (Å²) in [7, 11) is 1.51. The van der Waals surface area contributed by atoms with Gasteiger partial charge in [0.2, 0.25) is 0 Å². The molecule has 10 heteroatoms. The molecule has 0 bridgehead atoms. The number of aliphatic imine (C=N–C) groups is 1. The number of esters is 1. The summed E-state index contributed by atoms with van der Waals surface area (Å²) < 4.78 is 16.5. The second kappa shape index (κ2) is 13.1. The first-order valence-corrected chi connectivity index (χ1v) is 13.7. The highest BCUT2D eigenvalue weighted by Crippen LogP contribution is 2.40. The summed E-state index contributed by atoms with van der Waals surface area (Å²) in [6.45, 7) is 3.74. The number of methoxy groups -OCH3 is 1. The van der Waals surface area contributed by atoms with Gasteiger partial charge in [0.1, 0.15) is 23.0 Å². The molecule has 1 heterocycles. The normalized spacial score (nSPS) is 15.0. The van der Waals surface area contributed by atoms with Crippen LogP contribution in [-0.4, -0.2) is 35.7 Å². The molecule has 0 saturated heterocycles. The maximum absolute atomic E-state index is 12.9. The van der Waals surface area contributed by atoms with E-state index in [-0.39, 0.29) is 29.6 Å². The molecule has 0 unspecified atom stereocenters. The number of benzene rings is 3. The van der Waals surface area contributed by atoms with Crippen LogP contribution in [0.3, 0.4) is 0 Å². The van der Waals surface area contributed by atoms with Crippen LogP contribution in [0.25, 0.3) is 6.08 Å². The molecule has 0 fully saturated rings. The lowest BCUT2D eigenvalue weighted by atomic mass is 10.1. The van der Waals surface area contributed by atoms with Gasteiger partial charge in [0.25, 0.3) is 5.91 Å². The Bertz CT molecular complexity index is 1560. The molecule has 3 aromatic carbocycles. The lowest BCUT2D eigenvalue weighted by Crippen LogP contribution is -2.14. The monoisotopic (exact) mass is 597 g/mol. The smallest absolute Gasteiger partial charge is 0.344 e. The average Bonchev–Trinajstić information content (AvgIpc) is 3.22. The van der Waals surface area contributed by atoms with E-state index in [1.54, 1.807) is 74.5 Å². The number of carbonyl (C=O) groups excluding carboxylic acids is 2. The maximum atomic E-state index is 12.9. The van der Waals surface area contributed by atoms with Crippen molar-refractivity contribution >= 4 is 58.0 Å². The highest BCUT2D eigenvalue weighted by atomic mass is 35.5. The summed E-state index contributed by atoms with van der Waals surface area (Å²) in [5.41, 5.74) is 2.39. The van der Waals surface area contributed by atoms with Crippen molar-refractivity contribution in [2.24, 2.45) is 4.99 Å². The van der Waals surface area contributed by atoms with E-state index in [9.17, 15) is 14.7 Å². The van der Waals surface area contributed by atoms with Gasteiger partial charge in [-0.3, -0.25) is 4.79 Å². The van der Waals surface area contributed by atoms with Gasteiger partial charge in [-0.15, -0.1) is 0 Å². The summed E-state index contributed by atoms with van der Waals surface area (Å²) in [6, 6.07) is 17.4. The third-order valence-electron chi connectivity index (χ3n) is 5.83. The number of aryl methyl sites for hydroxylation is 1. The van der Waals surface area contributed by atoms with Crippen LogP contribution in [0, 0.1) is 6.92 Å². The van der Waals surface area contributed by atoms with Crippen molar-refractivity contribution in [3.8, 4) is 11.5 Å². The van der Waals surface area contributed by atoms with E-state index in [1.165, 1.54) is 7.11 Å². The maximum Gasteiger partial charge on any atom is 0.344 e. The van der Waals surface area contributed by atoms with Crippen LogP contribution in [0.5, 0.6) is 11.5 Å². The molecular weight excluding hydrogens is 573 g/mol. The second-order valence-corrected chi connectivity index (χ2v) is 10.4. The fourth-order valence-electron chi connectivity index (χ4n) is 3.80. The summed E-state index contributed by atoms with van der Waals surface area (Å²) >= 11 is 13.2. The minimum absolute atomic E-state index is 0.0576. The number of halogens is 2. The third-order valence-corrected chi connectivity index (χ3v) is 7.44. The first-order chi connectivity index (χ1) is 19.2. The Hall–Kier alpha value is -3.72. The fraction of sp³-hybridized carbons (Fsp3) is 0.167. The molecule has 7 nitrogen and oxygen atoms in total. The van der Waals surface area contributed by atoms with Crippen LogP contribution in [0.2, 0.25) is 10.0 Å². The molecule has 0 spiro atoms. The van der Waals surface area contributed by atoms with Gasteiger partial charge in [-0.05, 0) is 61.4 Å². The molecule has 0 aromatic heterocycles. The highest BCUT2D eigenvalue weighted by molar-refractivity contribution is 8.18. The third kappa shape index (κ3) is 6.70. The largest absolute Gasteiger partial charge is 0.506 e. The molecule has 1 N–H and O–H groups in total. The Labute approximate surface area is 246 Å². The zero-order valence-corrected chi connectivity index (χ0v) is 24.2. The summed E-state index contributed by atoms with van der Waals surface area (Å²) in [4.78, 5) is 30.1. The molecule has 3 aromatic rings. The van der Waals surface area contributed by atoms with Gasteiger partial charge in [-0.1, -0.05) is 65.3 Å². The molecule has 4 rings (SSSR count). The highest BCUT2D eigenvalue weighted by Gasteiger charge is 2.34. The number of carbonyl (C=O) groups is 2. The summed E-state index contributed by atoms with van der Waals surface area (Å²) in [5.74, 6) is -0.695. The van der Waals surface area contributed by atoms with E-state index < -0.39 is 11.9 Å². The molecule has 1 aliphatic heterocycles. The molecule has 1 aliphatic rings. The van der Waals surface area contributed by atoms with Crippen molar-refractivity contribution in [2.75, 3.05) is 13.7 Å². The van der Waals surface area contributed by atoms with Crippen molar-refractivity contribution in [3.05, 3.63) is 109 Å². The lowest BCUT2D eigenvalue weighted by molar-refractivity contribution is -0.138. The van der Waals surface area contributed by atoms with Crippen LogP contribution in [0.15, 0.2) is 81.9 Å². The molecule has 0 saturated carbocycles. The second-order valence-electron chi connectivity index (χ2n) is 8.53. The fourth-order valence-corrected chi connectivity index (χ4v) is 5.27. The van der Waals surface area contributed by atoms with Crippen molar-refractivity contribution in [2.45, 2.75) is 20.5 Å². The molecule has 40 heavy (non-hydrogen) atoms. The SMILES string of the molecule is CCOC(=O)C1=C(O)/C(=C/c2ccc(OCc3ccc(Cl)cc3Cl)c(OC)c2)SC1=NC(=O)c1ccccc1C. The van der Waals surface area contributed by atoms with Crippen molar-refractivity contribution in [1.29, 1.82) is 0 Å². The van der Waals surface area contributed by atoms with Crippen molar-refractivity contribution in [3.63, 3.8) is 0 Å². The number of aliphatic hydroxyl groups is 1. The van der Waals surface area contributed by atoms with E-state index in [4.69, 9.17) is 37.4 Å². The standard InChI is InChI=1S/C30H25Cl2NO6S/c1-4-38-30(36)26-27(34)25(40-29(26)33-28(35)21-8-6-5-7-17(21)2)14-18-9-12-23(24(13-18)37-3)39-16-19-10-11-20(31)15-22(19)32/h5-15,34H,4,16H2,1-3H3/b25-14-,33-29?. The van der Waals surface area contributed by atoms with Gasteiger partial charge in [0.05, 0.1) is 18.6 Å². The Morgan fingerprint density at radius 2 is 1.82 bits per heavy atom. The molecular formula is C30H25Cl2NO6S. The van der Waals surface area contributed by atoms with Crippen LogP contribution >= 0.6 is 35.0 Å². The van der Waals surface area contributed by atoms with E-state index in [2.05, 4.69) is 4.99 Å². The van der Waals surface area contributed by atoms with Crippen LogP contribution in [-0.2, 0) is 16.1 Å². The van der Waals surface area contributed by atoms with Gasteiger partial charge in [0.15, 0.2) is 11.5 Å². The number of hydrogen-bond acceptors (Lipinski definition) is 7. The van der Waals surface area contributed by atoms with E-state index in [0.29, 0.717) is 37.6 Å². The zero-order chi connectivity index (χ0) is 28.8. The number of amides is 1. The average molecular weight is 599 g/mol. The predicted molar refractivity (Wildman–Crippen MR) is 159 cm³/mol. The van der Waals surface area contributed by atoms with E-state index in [1.807, 2.05) is 6.07 Å². The molecule has 206 valence electrons. The number of hydrogen-bond donors (Lipinski definition) is 1. The van der Waals surface area contributed by atoms with E-state index >= 15 is 0 Å². The van der Waals surface area contributed by atoms with Crippen molar-refractivity contribution < 1.29 is 28.9 Å². The van der Waals surface area contributed by atoms with Crippen LogP contribution in [0.1, 0.15) is 34.0 Å². The number of rotatable bonds is 8. The zero-order valence-electron chi connectivity index (χ0n) is 21.9. The Morgan fingerprint density at radius 1 is 1.05 bits per heavy atom. The topological polar surface area (TPSA) is 94.4 Å². The minimum Gasteiger partial charge on any atom is -0.506 e.